The number of carbonyl (C=O) groups is 1. The molecule has 0 aromatic heterocycles. The summed E-state index contributed by atoms with van der Waals surface area (Å²) < 4.78 is 5.46. The van der Waals surface area contributed by atoms with Crippen molar-refractivity contribution in [3.63, 3.8) is 0 Å². The number of rotatable bonds is 6. The van der Waals surface area contributed by atoms with E-state index in [1.54, 1.807) is 0 Å². The van der Waals surface area contributed by atoms with E-state index in [0.29, 0.717) is 5.92 Å². The molecule has 3 aliphatic heterocycles. The fourth-order valence-corrected chi connectivity index (χ4v) is 3.97. The van der Waals surface area contributed by atoms with E-state index in [-0.39, 0.29) is 11.9 Å². The third-order valence-electron chi connectivity index (χ3n) is 5.42. The standard InChI is InChI=1S/C17H31N3O2/c21-17(16-4-1-7-18-16)19-11-15-3-2-8-20(12-15)9-5-14-6-10-22-13-14/h14-16,18H,1-13H2,(H,19,21). The number of nitrogens with zero attached hydrogens (tertiary/aromatic N) is 1. The molecule has 0 spiro atoms. The third-order valence-corrected chi connectivity index (χ3v) is 5.42. The van der Waals surface area contributed by atoms with Crippen LogP contribution in [-0.2, 0) is 9.53 Å². The quantitative estimate of drug-likeness (QED) is 0.768. The molecule has 3 aliphatic rings. The molecule has 0 aliphatic carbocycles. The molecule has 0 bridgehead atoms. The molecule has 0 aromatic rings. The first-order valence-electron chi connectivity index (χ1n) is 9.12. The van der Waals surface area contributed by atoms with E-state index >= 15 is 0 Å². The molecule has 3 unspecified atom stereocenters. The van der Waals surface area contributed by atoms with Crippen molar-refractivity contribution in [2.24, 2.45) is 11.8 Å². The molecular weight excluding hydrogens is 278 g/mol. The Labute approximate surface area is 134 Å². The number of ether oxygens (including phenoxy) is 1. The maximum absolute atomic E-state index is 12.1. The molecular formula is C17H31N3O2. The summed E-state index contributed by atoms with van der Waals surface area (Å²) >= 11 is 0. The second kappa shape index (κ2) is 8.27. The van der Waals surface area contributed by atoms with Gasteiger partial charge in [0.2, 0.25) is 5.91 Å². The summed E-state index contributed by atoms with van der Waals surface area (Å²) in [4.78, 5) is 14.7. The van der Waals surface area contributed by atoms with Crippen LogP contribution in [0.15, 0.2) is 0 Å². The average molecular weight is 309 g/mol. The van der Waals surface area contributed by atoms with Gasteiger partial charge in [0.15, 0.2) is 0 Å². The van der Waals surface area contributed by atoms with Crippen molar-refractivity contribution in [3.05, 3.63) is 0 Å². The number of nitrogens with one attached hydrogen (secondary N) is 2. The SMILES string of the molecule is O=C(NCC1CCCN(CCC2CCOC2)C1)C1CCCN1. The second-order valence-electron chi connectivity index (χ2n) is 7.22. The molecule has 3 atom stereocenters. The summed E-state index contributed by atoms with van der Waals surface area (Å²) in [7, 11) is 0. The van der Waals surface area contributed by atoms with Crippen LogP contribution < -0.4 is 10.6 Å². The van der Waals surface area contributed by atoms with E-state index in [1.165, 1.54) is 38.8 Å². The van der Waals surface area contributed by atoms with Crippen LogP contribution in [0.1, 0.15) is 38.5 Å². The Morgan fingerprint density at radius 2 is 2.18 bits per heavy atom. The van der Waals surface area contributed by atoms with Crippen molar-refractivity contribution < 1.29 is 9.53 Å². The molecule has 3 heterocycles. The number of hydrogen-bond donors (Lipinski definition) is 2. The summed E-state index contributed by atoms with van der Waals surface area (Å²) in [6.45, 7) is 7.31. The Balaban J connectivity index is 1.33. The van der Waals surface area contributed by atoms with Gasteiger partial charge in [-0.25, -0.2) is 0 Å². The lowest BCUT2D eigenvalue weighted by Gasteiger charge is -2.33. The molecule has 22 heavy (non-hydrogen) atoms. The van der Waals surface area contributed by atoms with Crippen molar-refractivity contribution in [3.8, 4) is 0 Å². The molecule has 3 saturated heterocycles. The topological polar surface area (TPSA) is 53.6 Å². The Hall–Kier alpha value is -0.650. The van der Waals surface area contributed by atoms with Gasteiger partial charge in [-0.15, -0.1) is 0 Å². The number of amides is 1. The van der Waals surface area contributed by atoms with Gasteiger partial charge in [0, 0.05) is 26.3 Å². The van der Waals surface area contributed by atoms with Crippen molar-refractivity contribution in [2.75, 3.05) is 45.9 Å². The largest absolute Gasteiger partial charge is 0.381 e. The molecule has 3 rings (SSSR count). The van der Waals surface area contributed by atoms with E-state index in [2.05, 4.69) is 15.5 Å². The van der Waals surface area contributed by atoms with E-state index in [0.717, 1.165) is 51.6 Å². The minimum absolute atomic E-state index is 0.0575. The van der Waals surface area contributed by atoms with E-state index < -0.39 is 0 Å². The van der Waals surface area contributed by atoms with Crippen LogP contribution in [0.2, 0.25) is 0 Å². The summed E-state index contributed by atoms with van der Waals surface area (Å²) in [5.41, 5.74) is 0. The predicted octanol–water partition coefficient (Wildman–Crippen LogP) is 0.993. The monoisotopic (exact) mass is 309 g/mol. The Morgan fingerprint density at radius 1 is 1.23 bits per heavy atom. The number of likely N-dealkylation sites (tertiary alicyclic amines) is 1. The van der Waals surface area contributed by atoms with E-state index in [1.807, 2.05) is 0 Å². The van der Waals surface area contributed by atoms with Gasteiger partial charge in [-0.1, -0.05) is 0 Å². The Kier molecular flexibility index (Phi) is 6.10. The van der Waals surface area contributed by atoms with Crippen LogP contribution in [0, 0.1) is 11.8 Å². The van der Waals surface area contributed by atoms with Gasteiger partial charge >= 0.3 is 0 Å². The highest BCUT2D eigenvalue weighted by Gasteiger charge is 2.25. The minimum Gasteiger partial charge on any atom is -0.381 e. The molecule has 1 amide bonds. The molecule has 0 radical (unpaired) electrons. The summed E-state index contributed by atoms with van der Waals surface area (Å²) in [6, 6.07) is 0.0575. The fourth-order valence-electron chi connectivity index (χ4n) is 3.97. The Bertz CT molecular complexity index is 352. The summed E-state index contributed by atoms with van der Waals surface area (Å²) in [6.07, 6.45) is 7.14. The first-order valence-corrected chi connectivity index (χ1v) is 9.12. The van der Waals surface area contributed by atoms with Crippen molar-refractivity contribution in [1.29, 1.82) is 0 Å². The highest BCUT2D eigenvalue weighted by Crippen LogP contribution is 2.20. The normalized spacial score (nSPS) is 33.2. The second-order valence-corrected chi connectivity index (χ2v) is 7.22. The first kappa shape index (κ1) is 16.2. The lowest BCUT2D eigenvalue weighted by molar-refractivity contribution is -0.123. The van der Waals surface area contributed by atoms with Crippen molar-refractivity contribution >= 4 is 5.91 Å². The van der Waals surface area contributed by atoms with E-state index in [4.69, 9.17) is 4.74 Å². The molecule has 5 nitrogen and oxygen atoms in total. The highest BCUT2D eigenvalue weighted by molar-refractivity contribution is 5.81. The van der Waals surface area contributed by atoms with Gasteiger partial charge in [0.05, 0.1) is 6.04 Å². The van der Waals surface area contributed by atoms with Gasteiger partial charge in [0.25, 0.3) is 0 Å². The number of piperidine rings is 1. The first-order chi connectivity index (χ1) is 10.8. The van der Waals surface area contributed by atoms with Crippen LogP contribution in [0.4, 0.5) is 0 Å². The van der Waals surface area contributed by atoms with Gasteiger partial charge in [0.1, 0.15) is 0 Å². The fraction of sp³-hybridized carbons (Fsp3) is 0.941. The van der Waals surface area contributed by atoms with Gasteiger partial charge in [-0.05, 0) is 70.0 Å². The Morgan fingerprint density at radius 3 is 2.95 bits per heavy atom. The molecule has 5 heteroatoms. The third kappa shape index (κ3) is 4.67. The maximum Gasteiger partial charge on any atom is 0.237 e. The zero-order chi connectivity index (χ0) is 15.2. The van der Waals surface area contributed by atoms with Gasteiger partial charge in [-0.3, -0.25) is 4.79 Å². The van der Waals surface area contributed by atoms with Crippen LogP contribution in [-0.4, -0.2) is 62.8 Å². The maximum atomic E-state index is 12.1. The van der Waals surface area contributed by atoms with Gasteiger partial charge < -0.3 is 20.3 Å². The number of carbonyl (C=O) groups excluding carboxylic acids is 1. The summed E-state index contributed by atoms with van der Waals surface area (Å²) in [5, 5.41) is 6.43. The smallest absolute Gasteiger partial charge is 0.237 e. The molecule has 0 aromatic carbocycles. The highest BCUT2D eigenvalue weighted by atomic mass is 16.5. The summed E-state index contributed by atoms with van der Waals surface area (Å²) in [5.74, 6) is 1.60. The van der Waals surface area contributed by atoms with Crippen molar-refractivity contribution in [2.45, 2.75) is 44.6 Å². The zero-order valence-corrected chi connectivity index (χ0v) is 13.7. The van der Waals surface area contributed by atoms with Gasteiger partial charge in [-0.2, -0.15) is 0 Å². The lowest BCUT2D eigenvalue weighted by Crippen LogP contribution is -2.45. The van der Waals surface area contributed by atoms with E-state index in [9.17, 15) is 4.79 Å². The zero-order valence-electron chi connectivity index (χ0n) is 13.7. The minimum atomic E-state index is 0.0575. The van der Waals surface area contributed by atoms with Crippen LogP contribution in [0.25, 0.3) is 0 Å². The molecule has 0 saturated carbocycles. The van der Waals surface area contributed by atoms with Crippen LogP contribution in [0.3, 0.4) is 0 Å². The lowest BCUT2D eigenvalue weighted by atomic mass is 9.96. The van der Waals surface area contributed by atoms with Crippen LogP contribution >= 0.6 is 0 Å². The average Bonchev–Trinajstić information content (AvgIpc) is 3.24. The molecule has 126 valence electrons. The number of hydrogen-bond acceptors (Lipinski definition) is 4. The van der Waals surface area contributed by atoms with Crippen LogP contribution in [0.5, 0.6) is 0 Å². The molecule has 2 N–H and O–H groups in total. The predicted molar refractivity (Wildman–Crippen MR) is 86.7 cm³/mol. The molecule has 3 fully saturated rings. The van der Waals surface area contributed by atoms with Crippen molar-refractivity contribution in [1.82, 2.24) is 15.5 Å².